The van der Waals surface area contributed by atoms with Gasteiger partial charge in [0.05, 0.1) is 11.4 Å². The van der Waals surface area contributed by atoms with E-state index in [1.54, 1.807) is 0 Å². The van der Waals surface area contributed by atoms with E-state index in [4.69, 9.17) is 0 Å². The summed E-state index contributed by atoms with van der Waals surface area (Å²) in [6.45, 7) is 11.2. The van der Waals surface area contributed by atoms with Crippen molar-refractivity contribution < 1.29 is 0 Å². The first kappa shape index (κ1) is 15.5. The van der Waals surface area contributed by atoms with Gasteiger partial charge in [0.25, 0.3) is 0 Å². The normalized spacial score (nSPS) is 20.1. The van der Waals surface area contributed by atoms with E-state index >= 15 is 0 Å². The van der Waals surface area contributed by atoms with E-state index < -0.39 is 0 Å². The molecule has 20 heavy (non-hydrogen) atoms. The largest absolute Gasteiger partial charge is 0.315 e. The van der Waals surface area contributed by atoms with Crippen molar-refractivity contribution in [3.63, 3.8) is 0 Å². The Hall–Kier alpha value is -0.870. The minimum atomic E-state index is 0.689. The molecular formula is C16H30N4. The van der Waals surface area contributed by atoms with Gasteiger partial charge in [0, 0.05) is 26.2 Å². The van der Waals surface area contributed by atoms with Crippen LogP contribution in [0.5, 0.6) is 0 Å². The van der Waals surface area contributed by atoms with Crippen molar-refractivity contribution in [1.82, 2.24) is 20.0 Å². The molecule has 114 valence electrons. The third-order valence-electron chi connectivity index (χ3n) is 4.19. The van der Waals surface area contributed by atoms with E-state index in [0.717, 1.165) is 32.0 Å². The molecule has 1 unspecified atom stereocenters. The van der Waals surface area contributed by atoms with Crippen LogP contribution >= 0.6 is 0 Å². The Morgan fingerprint density at radius 1 is 1.45 bits per heavy atom. The predicted octanol–water partition coefficient (Wildman–Crippen LogP) is 2.19. The van der Waals surface area contributed by atoms with Crippen LogP contribution in [-0.2, 0) is 20.0 Å². The zero-order chi connectivity index (χ0) is 14.5. The molecular weight excluding hydrogens is 248 g/mol. The fourth-order valence-electron chi connectivity index (χ4n) is 2.97. The average Bonchev–Trinajstić information content (AvgIpc) is 2.97. The highest BCUT2D eigenvalue weighted by molar-refractivity contribution is 5.10. The maximum atomic E-state index is 4.56. The lowest BCUT2D eigenvalue weighted by atomic mass is 10.2. The lowest BCUT2D eigenvalue weighted by Gasteiger charge is -2.25. The Labute approximate surface area is 123 Å². The van der Waals surface area contributed by atoms with E-state index in [-0.39, 0.29) is 0 Å². The zero-order valence-corrected chi connectivity index (χ0v) is 13.5. The average molecular weight is 278 g/mol. The summed E-state index contributed by atoms with van der Waals surface area (Å²) >= 11 is 0. The molecule has 4 nitrogen and oxygen atoms in total. The number of nitrogens with zero attached hydrogens (tertiary/aromatic N) is 3. The van der Waals surface area contributed by atoms with Gasteiger partial charge in [-0.3, -0.25) is 9.58 Å². The van der Waals surface area contributed by atoms with Crippen LogP contribution in [0.25, 0.3) is 0 Å². The molecule has 1 saturated heterocycles. The molecule has 0 spiro atoms. The Balaban J connectivity index is 1.88. The Kier molecular flexibility index (Phi) is 5.61. The Bertz CT molecular complexity index is 411. The third kappa shape index (κ3) is 4.06. The SMILES string of the molecule is CCc1cc(CN2CCCC2CNCC(C)C)n(C)n1. The van der Waals surface area contributed by atoms with Crippen molar-refractivity contribution in [2.75, 3.05) is 19.6 Å². The summed E-state index contributed by atoms with van der Waals surface area (Å²) < 4.78 is 2.05. The first-order valence-corrected chi connectivity index (χ1v) is 8.06. The number of rotatable bonds is 7. The van der Waals surface area contributed by atoms with E-state index in [1.165, 1.54) is 30.8 Å². The number of aryl methyl sites for hydroxylation is 2. The van der Waals surface area contributed by atoms with Crippen LogP contribution in [0.3, 0.4) is 0 Å². The van der Waals surface area contributed by atoms with Gasteiger partial charge >= 0.3 is 0 Å². The highest BCUT2D eigenvalue weighted by Gasteiger charge is 2.25. The molecule has 4 heteroatoms. The van der Waals surface area contributed by atoms with Gasteiger partial charge in [0.15, 0.2) is 0 Å². The smallest absolute Gasteiger partial charge is 0.0625 e. The molecule has 1 aliphatic rings. The van der Waals surface area contributed by atoms with Gasteiger partial charge in [-0.25, -0.2) is 0 Å². The number of hydrogen-bond donors (Lipinski definition) is 1. The molecule has 1 fully saturated rings. The van der Waals surface area contributed by atoms with Crippen LogP contribution in [-0.4, -0.2) is 40.4 Å². The lowest BCUT2D eigenvalue weighted by molar-refractivity contribution is 0.232. The molecule has 0 saturated carbocycles. The highest BCUT2D eigenvalue weighted by Crippen LogP contribution is 2.20. The Morgan fingerprint density at radius 3 is 2.90 bits per heavy atom. The topological polar surface area (TPSA) is 33.1 Å². The molecule has 2 heterocycles. The summed E-state index contributed by atoms with van der Waals surface area (Å²) in [5.41, 5.74) is 2.55. The second-order valence-electron chi connectivity index (χ2n) is 6.42. The van der Waals surface area contributed by atoms with Crippen molar-refractivity contribution in [1.29, 1.82) is 0 Å². The summed E-state index contributed by atoms with van der Waals surface area (Å²) in [5.74, 6) is 0.731. The van der Waals surface area contributed by atoms with Gasteiger partial charge in [0.1, 0.15) is 0 Å². The van der Waals surface area contributed by atoms with Crippen LogP contribution < -0.4 is 5.32 Å². The number of nitrogens with one attached hydrogen (secondary N) is 1. The van der Waals surface area contributed by atoms with E-state index in [0.29, 0.717) is 6.04 Å². The highest BCUT2D eigenvalue weighted by atomic mass is 15.3. The van der Waals surface area contributed by atoms with E-state index in [9.17, 15) is 0 Å². The molecule has 0 aliphatic carbocycles. The van der Waals surface area contributed by atoms with E-state index in [1.807, 2.05) is 0 Å². The second kappa shape index (κ2) is 7.23. The van der Waals surface area contributed by atoms with Crippen LogP contribution in [0.2, 0.25) is 0 Å². The van der Waals surface area contributed by atoms with Gasteiger partial charge in [-0.15, -0.1) is 0 Å². The van der Waals surface area contributed by atoms with Crippen molar-refractivity contribution in [2.45, 2.75) is 52.6 Å². The van der Waals surface area contributed by atoms with Crippen LogP contribution in [0.15, 0.2) is 6.07 Å². The summed E-state index contributed by atoms with van der Waals surface area (Å²) in [6.07, 6.45) is 3.67. The van der Waals surface area contributed by atoms with E-state index in [2.05, 4.69) is 53.9 Å². The third-order valence-corrected chi connectivity index (χ3v) is 4.19. The van der Waals surface area contributed by atoms with Gasteiger partial charge in [-0.05, 0) is 44.3 Å². The quantitative estimate of drug-likeness (QED) is 0.830. The van der Waals surface area contributed by atoms with Crippen LogP contribution in [0, 0.1) is 5.92 Å². The first-order valence-electron chi connectivity index (χ1n) is 8.06. The van der Waals surface area contributed by atoms with Crippen molar-refractivity contribution in [3.8, 4) is 0 Å². The van der Waals surface area contributed by atoms with Gasteiger partial charge in [-0.1, -0.05) is 20.8 Å². The second-order valence-corrected chi connectivity index (χ2v) is 6.42. The summed E-state index contributed by atoms with van der Waals surface area (Å²) in [6, 6.07) is 2.95. The fraction of sp³-hybridized carbons (Fsp3) is 0.812. The van der Waals surface area contributed by atoms with Crippen LogP contribution in [0.4, 0.5) is 0 Å². The number of likely N-dealkylation sites (tertiary alicyclic amines) is 1. The summed E-state index contributed by atoms with van der Waals surface area (Å²) in [4.78, 5) is 2.61. The summed E-state index contributed by atoms with van der Waals surface area (Å²) in [5, 5.41) is 8.17. The van der Waals surface area contributed by atoms with Crippen molar-refractivity contribution >= 4 is 0 Å². The molecule has 0 amide bonds. The minimum Gasteiger partial charge on any atom is -0.315 e. The van der Waals surface area contributed by atoms with Crippen LogP contribution in [0.1, 0.15) is 45.0 Å². The van der Waals surface area contributed by atoms with Gasteiger partial charge in [0.2, 0.25) is 0 Å². The molecule has 0 bridgehead atoms. The predicted molar refractivity (Wildman–Crippen MR) is 83.7 cm³/mol. The molecule has 1 N–H and O–H groups in total. The molecule has 1 aliphatic heterocycles. The molecule has 2 rings (SSSR count). The fourth-order valence-corrected chi connectivity index (χ4v) is 2.97. The van der Waals surface area contributed by atoms with Crippen molar-refractivity contribution in [2.24, 2.45) is 13.0 Å². The Morgan fingerprint density at radius 2 is 2.25 bits per heavy atom. The molecule has 0 radical (unpaired) electrons. The maximum absolute atomic E-state index is 4.56. The van der Waals surface area contributed by atoms with Crippen molar-refractivity contribution in [3.05, 3.63) is 17.5 Å². The van der Waals surface area contributed by atoms with Gasteiger partial charge in [-0.2, -0.15) is 5.10 Å². The standard InChI is InChI=1S/C16H30N4/c1-5-14-9-16(19(4)18-14)12-20-8-6-7-15(20)11-17-10-13(2)3/h9,13,15,17H,5-8,10-12H2,1-4H3. The molecule has 1 atom stereocenters. The number of aromatic nitrogens is 2. The maximum Gasteiger partial charge on any atom is 0.0625 e. The molecule has 0 aromatic carbocycles. The summed E-state index contributed by atoms with van der Waals surface area (Å²) in [7, 11) is 2.07. The monoisotopic (exact) mass is 278 g/mol. The molecule has 1 aromatic rings. The number of hydrogen-bond acceptors (Lipinski definition) is 3. The molecule has 1 aromatic heterocycles. The first-order chi connectivity index (χ1) is 9.60. The lowest BCUT2D eigenvalue weighted by Crippen LogP contribution is -2.38. The van der Waals surface area contributed by atoms with Gasteiger partial charge < -0.3 is 5.32 Å². The minimum absolute atomic E-state index is 0.689. The zero-order valence-electron chi connectivity index (χ0n) is 13.5.